The molecule has 2 N–H and O–H groups in total. The molecule has 126 valence electrons. The molecular formula is C16H25N5O2. The summed E-state index contributed by atoms with van der Waals surface area (Å²) < 4.78 is 7.13. The van der Waals surface area contributed by atoms with Crippen LogP contribution in [0, 0.1) is 13.8 Å². The third kappa shape index (κ3) is 4.12. The molecule has 0 aliphatic rings. The highest BCUT2D eigenvalue weighted by Gasteiger charge is 2.12. The van der Waals surface area contributed by atoms with E-state index in [9.17, 15) is 4.79 Å². The molecule has 0 aliphatic carbocycles. The zero-order chi connectivity index (χ0) is 17.0. The summed E-state index contributed by atoms with van der Waals surface area (Å²) in [5.74, 6) is 0.956. The number of amides is 2. The summed E-state index contributed by atoms with van der Waals surface area (Å²) in [6.45, 7) is 11.7. The second-order valence-electron chi connectivity index (χ2n) is 5.87. The van der Waals surface area contributed by atoms with Crippen molar-refractivity contribution in [2.45, 2.75) is 60.2 Å². The quantitative estimate of drug-likeness (QED) is 0.857. The minimum atomic E-state index is -0.240. The molecule has 2 aromatic rings. The van der Waals surface area contributed by atoms with Crippen LogP contribution in [0.1, 0.15) is 55.1 Å². The Bertz CT molecular complexity index is 672. The van der Waals surface area contributed by atoms with E-state index in [1.165, 1.54) is 0 Å². The van der Waals surface area contributed by atoms with Gasteiger partial charge in [0.2, 0.25) is 0 Å². The van der Waals surface area contributed by atoms with E-state index in [1.54, 1.807) is 0 Å². The number of urea groups is 1. The molecular weight excluding hydrogens is 294 g/mol. The molecule has 0 unspecified atom stereocenters. The lowest BCUT2D eigenvalue weighted by atomic mass is 10.1. The summed E-state index contributed by atoms with van der Waals surface area (Å²) >= 11 is 0. The second-order valence-corrected chi connectivity index (χ2v) is 5.87. The maximum absolute atomic E-state index is 11.9. The number of carbonyl (C=O) groups is 1. The Morgan fingerprint density at radius 3 is 2.57 bits per heavy atom. The minimum absolute atomic E-state index is 0.240. The monoisotopic (exact) mass is 319 g/mol. The van der Waals surface area contributed by atoms with Crippen molar-refractivity contribution in [1.82, 2.24) is 25.6 Å². The summed E-state index contributed by atoms with van der Waals surface area (Å²) in [5, 5.41) is 14.0. The largest absolute Gasteiger partial charge is 0.359 e. The van der Waals surface area contributed by atoms with E-state index in [-0.39, 0.29) is 6.03 Å². The third-order valence-corrected chi connectivity index (χ3v) is 3.85. The van der Waals surface area contributed by atoms with E-state index in [1.807, 2.05) is 45.4 Å². The molecule has 0 radical (unpaired) electrons. The number of nitrogens with zero attached hydrogens (tertiary/aromatic N) is 3. The number of aromatic nitrogens is 3. The summed E-state index contributed by atoms with van der Waals surface area (Å²) in [4.78, 5) is 11.9. The first-order valence-corrected chi connectivity index (χ1v) is 7.92. The third-order valence-electron chi connectivity index (χ3n) is 3.85. The number of rotatable bonds is 6. The minimum Gasteiger partial charge on any atom is -0.359 e. The van der Waals surface area contributed by atoms with Crippen LogP contribution in [0.25, 0.3) is 0 Å². The van der Waals surface area contributed by atoms with Crippen LogP contribution in [-0.4, -0.2) is 21.0 Å². The molecule has 0 aliphatic heterocycles. The van der Waals surface area contributed by atoms with E-state index in [2.05, 4.69) is 20.9 Å². The average molecular weight is 319 g/mol. The van der Waals surface area contributed by atoms with Crippen molar-refractivity contribution < 1.29 is 9.32 Å². The molecule has 0 spiro atoms. The Morgan fingerprint density at radius 2 is 2.00 bits per heavy atom. The van der Waals surface area contributed by atoms with Gasteiger partial charge < -0.3 is 15.2 Å². The van der Waals surface area contributed by atoms with Crippen molar-refractivity contribution in [1.29, 1.82) is 0 Å². The summed E-state index contributed by atoms with van der Waals surface area (Å²) in [5.41, 5.74) is 3.98. The maximum Gasteiger partial charge on any atom is 0.315 e. The van der Waals surface area contributed by atoms with Gasteiger partial charge in [0, 0.05) is 30.4 Å². The van der Waals surface area contributed by atoms with Gasteiger partial charge in [0.15, 0.2) is 5.76 Å². The lowest BCUT2D eigenvalue weighted by Crippen LogP contribution is -2.34. The van der Waals surface area contributed by atoms with Crippen molar-refractivity contribution in [2.75, 3.05) is 0 Å². The summed E-state index contributed by atoms with van der Waals surface area (Å²) in [7, 11) is 0. The van der Waals surface area contributed by atoms with Crippen LogP contribution >= 0.6 is 0 Å². The normalized spacial score (nSPS) is 11.0. The van der Waals surface area contributed by atoms with Gasteiger partial charge in [-0.3, -0.25) is 4.68 Å². The molecule has 7 nitrogen and oxygen atoms in total. The SMILES string of the molecule is CCn1nc(C)c(CNC(=O)NCc2cc(C(C)C)no2)c1C. The summed E-state index contributed by atoms with van der Waals surface area (Å²) in [6, 6.07) is 1.63. The molecule has 2 aromatic heterocycles. The molecule has 0 saturated carbocycles. The van der Waals surface area contributed by atoms with Gasteiger partial charge in [0.1, 0.15) is 0 Å². The van der Waals surface area contributed by atoms with Gasteiger partial charge in [-0.25, -0.2) is 4.79 Å². The maximum atomic E-state index is 11.9. The Morgan fingerprint density at radius 1 is 1.30 bits per heavy atom. The smallest absolute Gasteiger partial charge is 0.315 e. The molecule has 7 heteroatoms. The van der Waals surface area contributed by atoms with Crippen LogP contribution in [-0.2, 0) is 19.6 Å². The zero-order valence-electron chi connectivity index (χ0n) is 14.4. The first-order chi connectivity index (χ1) is 10.9. The van der Waals surface area contributed by atoms with Crippen molar-refractivity contribution in [2.24, 2.45) is 0 Å². The highest BCUT2D eigenvalue weighted by Crippen LogP contribution is 2.14. The molecule has 2 amide bonds. The number of aryl methyl sites for hydroxylation is 2. The Balaban J connectivity index is 1.84. The fourth-order valence-corrected chi connectivity index (χ4v) is 2.38. The number of hydrogen-bond acceptors (Lipinski definition) is 4. The number of hydrogen-bond donors (Lipinski definition) is 2. The van der Waals surface area contributed by atoms with E-state index < -0.39 is 0 Å². The van der Waals surface area contributed by atoms with Crippen LogP contribution in [0.2, 0.25) is 0 Å². The Labute approximate surface area is 136 Å². The molecule has 23 heavy (non-hydrogen) atoms. The van der Waals surface area contributed by atoms with Crippen LogP contribution in [0.5, 0.6) is 0 Å². The Kier molecular flexibility index (Phi) is 5.41. The van der Waals surface area contributed by atoms with Crippen molar-refractivity contribution in [3.05, 3.63) is 34.5 Å². The van der Waals surface area contributed by atoms with Gasteiger partial charge in [-0.2, -0.15) is 5.10 Å². The lowest BCUT2D eigenvalue weighted by molar-refractivity contribution is 0.238. The first-order valence-electron chi connectivity index (χ1n) is 7.92. The van der Waals surface area contributed by atoms with Gasteiger partial charge in [-0.05, 0) is 26.7 Å². The van der Waals surface area contributed by atoms with Gasteiger partial charge >= 0.3 is 6.03 Å². The summed E-state index contributed by atoms with van der Waals surface area (Å²) in [6.07, 6.45) is 0. The van der Waals surface area contributed by atoms with Gasteiger partial charge in [0.05, 0.1) is 17.9 Å². The molecule has 0 saturated heterocycles. The van der Waals surface area contributed by atoms with Gasteiger partial charge in [-0.1, -0.05) is 19.0 Å². The molecule has 2 heterocycles. The van der Waals surface area contributed by atoms with Crippen LogP contribution < -0.4 is 10.6 Å². The van der Waals surface area contributed by atoms with Crippen molar-refractivity contribution in [3.8, 4) is 0 Å². The molecule has 0 aromatic carbocycles. The number of nitrogens with one attached hydrogen (secondary N) is 2. The van der Waals surface area contributed by atoms with Crippen LogP contribution in [0.3, 0.4) is 0 Å². The lowest BCUT2D eigenvalue weighted by Gasteiger charge is -2.07. The highest BCUT2D eigenvalue weighted by molar-refractivity contribution is 5.73. The van der Waals surface area contributed by atoms with E-state index in [4.69, 9.17) is 4.52 Å². The fourth-order valence-electron chi connectivity index (χ4n) is 2.38. The molecule has 0 bridgehead atoms. The Hall–Kier alpha value is -2.31. The second kappa shape index (κ2) is 7.30. The van der Waals surface area contributed by atoms with Gasteiger partial charge in [0.25, 0.3) is 0 Å². The highest BCUT2D eigenvalue weighted by atomic mass is 16.5. The van der Waals surface area contributed by atoms with Crippen LogP contribution in [0.4, 0.5) is 4.79 Å². The first kappa shape index (κ1) is 17.1. The molecule has 0 atom stereocenters. The van der Waals surface area contributed by atoms with Crippen LogP contribution in [0.15, 0.2) is 10.6 Å². The molecule has 0 fully saturated rings. The molecule has 2 rings (SSSR count). The predicted molar refractivity (Wildman–Crippen MR) is 87.0 cm³/mol. The average Bonchev–Trinajstić information content (AvgIpc) is 3.09. The topological polar surface area (TPSA) is 85.0 Å². The van der Waals surface area contributed by atoms with E-state index >= 15 is 0 Å². The number of carbonyl (C=O) groups excluding carboxylic acids is 1. The van der Waals surface area contributed by atoms with Crippen molar-refractivity contribution >= 4 is 6.03 Å². The van der Waals surface area contributed by atoms with Crippen molar-refractivity contribution in [3.63, 3.8) is 0 Å². The van der Waals surface area contributed by atoms with E-state index in [0.29, 0.717) is 24.8 Å². The van der Waals surface area contributed by atoms with Gasteiger partial charge in [-0.15, -0.1) is 0 Å². The fraction of sp³-hybridized carbons (Fsp3) is 0.562. The standard InChI is InChI=1S/C16H25N5O2/c1-6-21-12(5)14(11(4)19-21)9-18-16(22)17-8-13-7-15(10(2)3)20-23-13/h7,10H,6,8-9H2,1-5H3,(H2,17,18,22). The van der Waals surface area contributed by atoms with E-state index in [0.717, 1.165) is 29.2 Å². The zero-order valence-corrected chi connectivity index (χ0v) is 14.4. The predicted octanol–water partition coefficient (Wildman–Crippen LogP) is 2.63.